The Morgan fingerprint density at radius 2 is 1.72 bits per heavy atom. The molecule has 128 valence electrons. The summed E-state index contributed by atoms with van der Waals surface area (Å²) in [5.74, 6) is 0.0189. The molecular weight excluding hydrogens is 318 g/mol. The summed E-state index contributed by atoms with van der Waals surface area (Å²) >= 11 is 0. The normalized spacial score (nSPS) is 19.8. The van der Waals surface area contributed by atoms with E-state index in [0.29, 0.717) is 19.3 Å². The number of amides is 1. The first-order valence-electron chi connectivity index (χ1n) is 8.50. The van der Waals surface area contributed by atoms with Crippen molar-refractivity contribution in [1.29, 1.82) is 0 Å². The van der Waals surface area contributed by atoms with Gasteiger partial charge in [0.25, 0.3) is 0 Å². The minimum absolute atomic E-state index is 0.0452. The standard InChI is InChI=1S/C20H19NO4/c22-19-10-9-17(21-19)18(25-20(23)24)11-16-14-7-3-1-5-12(14)13-6-2-4-8-15(13)16/h1-8,16-18H,9-11H2,(H,21,22)(H,23,24). The van der Waals surface area contributed by atoms with Crippen molar-refractivity contribution < 1.29 is 19.4 Å². The van der Waals surface area contributed by atoms with E-state index in [1.807, 2.05) is 24.3 Å². The van der Waals surface area contributed by atoms with Gasteiger partial charge in [0.15, 0.2) is 0 Å². The van der Waals surface area contributed by atoms with Gasteiger partial charge in [0.05, 0.1) is 6.04 Å². The van der Waals surface area contributed by atoms with Crippen molar-refractivity contribution >= 4 is 12.1 Å². The second-order valence-corrected chi connectivity index (χ2v) is 6.60. The number of carbonyl (C=O) groups excluding carboxylic acids is 1. The van der Waals surface area contributed by atoms with E-state index < -0.39 is 12.3 Å². The summed E-state index contributed by atoms with van der Waals surface area (Å²) in [5, 5.41) is 12.0. The van der Waals surface area contributed by atoms with Crippen LogP contribution in [0.5, 0.6) is 0 Å². The number of carbonyl (C=O) groups is 2. The molecule has 5 heteroatoms. The van der Waals surface area contributed by atoms with Gasteiger partial charge in [-0.15, -0.1) is 0 Å². The van der Waals surface area contributed by atoms with Crippen LogP contribution in [-0.4, -0.2) is 29.3 Å². The zero-order valence-corrected chi connectivity index (χ0v) is 13.6. The molecule has 0 aromatic heterocycles. The monoisotopic (exact) mass is 337 g/mol. The number of ether oxygens (including phenoxy) is 1. The third kappa shape index (κ3) is 2.86. The lowest BCUT2D eigenvalue weighted by molar-refractivity contribution is -0.119. The Morgan fingerprint density at radius 1 is 1.12 bits per heavy atom. The Hall–Kier alpha value is -2.82. The van der Waals surface area contributed by atoms with Gasteiger partial charge in [-0.2, -0.15) is 0 Å². The molecule has 1 saturated heterocycles. The van der Waals surface area contributed by atoms with Crippen molar-refractivity contribution in [2.24, 2.45) is 0 Å². The molecule has 2 aromatic carbocycles. The highest BCUT2D eigenvalue weighted by molar-refractivity contribution is 5.79. The smallest absolute Gasteiger partial charge is 0.450 e. The first kappa shape index (κ1) is 15.7. The van der Waals surface area contributed by atoms with Crippen molar-refractivity contribution in [3.8, 4) is 11.1 Å². The highest BCUT2D eigenvalue weighted by atomic mass is 16.7. The number of hydrogen-bond acceptors (Lipinski definition) is 3. The summed E-state index contributed by atoms with van der Waals surface area (Å²) in [6.07, 6.45) is -0.320. The number of fused-ring (bicyclic) bond motifs is 3. The fourth-order valence-electron chi connectivity index (χ4n) is 4.09. The molecule has 1 amide bonds. The summed E-state index contributed by atoms with van der Waals surface area (Å²) < 4.78 is 5.18. The molecule has 0 radical (unpaired) electrons. The van der Waals surface area contributed by atoms with Gasteiger partial charge in [-0.3, -0.25) is 4.79 Å². The topological polar surface area (TPSA) is 75.6 Å². The minimum Gasteiger partial charge on any atom is -0.450 e. The van der Waals surface area contributed by atoms with Crippen LogP contribution in [0.4, 0.5) is 4.79 Å². The van der Waals surface area contributed by atoms with Crippen LogP contribution in [-0.2, 0) is 9.53 Å². The average molecular weight is 337 g/mol. The Labute approximate surface area is 145 Å². The average Bonchev–Trinajstić information content (AvgIpc) is 3.17. The fourth-order valence-corrected chi connectivity index (χ4v) is 4.09. The van der Waals surface area contributed by atoms with E-state index >= 15 is 0 Å². The van der Waals surface area contributed by atoms with Crippen molar-refractivity contribution in [3.63, 3.8) is 0 Å². The molecule has 0 spiro atoms. The quantitative estimate of drug-likeness (QED) is 0.837. The molecule has 2 aliphatic rings. The lowest BCUT2D eigenvalue weighted by Gasteiger charge is -2.26. The zero-order valence-electron chi connectivity index (χ0n) is 13.6. The maximum Gasteiger partial charge on any atom is 0.506 e. The lowest BCUT2D eigenvalue weighted by atomic mass is 9.88. The van der Waals surface area contributed by atoms with Crippen LogP contribution in [0.3, 0.4) is 0 Å². The molecule has 1 fully saturated rings. The largest absolute Gasteiger partial charge is 0.506 e. The summed E-state index contributed by atoms with van der Waals surface area (Å²) in [7, 11) is 0. The van der Waals surface area contributed by atoms with Crippen LogP contribution in [0.15, 0.2) is 48.5 Å². The van der Waals surface area contributed by atoms with E-state index in [1.54, 1.807) is 0 Å². The number of rotatable bonds is 4. The maximum absolute atomic E-state index is 11.6. The highest BCUT2D eigenvalue weighted by Gasteiger charge is 2.37. The van der Waals surface area contributed by atoms with Crippen LogP contribution in [0.25, 0.3) is 11.1 Å². The predicted octanol–water partition coefficient (Wildman–Crippen LogP) is 3.53. The van der Waals surface area contributed by atoms with Gasteiger partial charge < -0.3 is 15.2 Å². The third-order valence-corrected chi connectivity index (χ3v) is 5.16. The van der Waals surface area contributed by atoms with Gasteiger partial charge in [0, 0.05) is 12.3 Å². The molecule has 1 aliphatic heterocycles. The molecule has 2 N–H and O–H groups in total. The third-order valence-electron chi connectivity index (χ3n) is 5.16. The minimum atomic E-state index is -1.30. The predicted molar refractivity (Wildman–Crippen MR) is 92.4 cm³/mol. The van der Waals surface area contributed by atoms with E-state index in [1.165, 1.54) is 22.3 Å². The van der Waals surface area contributed by atoms with Crippen LogP contribution in [0, 0.1) is 0 Å². The number of benzene rings is 2. The van der Waals surface area contributed by atoms with Gasteiger partial charge in [0.1, 0.15) is 6.10 Å². The summed E-state index contributed by atoms with van der Waals surface area (Å²) in [4.78, 5) is 22.7. The second-order valence-electron chi connectivity index (χ2n) is 6.60. The van der Waals surface area contributed by atoms with E-state index in [2.05, 4.69) is 29.6 Å². The molecule has 2 unspecified atom stereocenters. The Bertz CT molecular complexity index is 786. The van der Waals surface area contributed by atoms with Crippen LogP contribution < -0.4 is 5.32 Å². The van der Waals surface area contributed by atoms with Crippen molar-refractivity contribution in [2.45, 2.75) is 37.3 Å². The molecule has 2 aromatic rings. The van der Waals surface area contributed by atoms with Crippen molar-refractivity contribution in [1.82, 2.24) is 5.32 Å². The molecule has 5 nitrogen and oxygen atoms in total. The van der Waals surface area contributed by atoms with Gasteiger partial charge >= 0.3 is 6.16 Å². The van der Waals surface area contributed by atoms with Crippen LogP contribution in [0.2, 0.25) is 0 Å². The summed E-state index contributed by atoms with van der Waals surface area (Å²) in [6.45, 7) is 0. The van der Waals surface area contributed by atoms with E-state index in [9.17, 15) is 9.59 Å². The van der Waals surface area contributed by atoms with Crippen molar-refractivity contribution in [2.75, 3.05) is 0 Å². The fraction of sp³-hybridized carbons (Fsp3) is 0.300. The second kappa shape index (κ2) is 6.24. The van der Waals surface area contributed by atoms with Gasteiger partial charge in [-0.1, -0.05) is 48.5 Å². The lowest BCUT2D eigenvalue weighted by Crippen LogP contribution is -2.40. The molecule has 4 rings (SSSR count). The van der Waals surface area contributed by atoms with Crippen molar-refractivity contribution in [3.05, 3.63) is 59.7 Å². The summed E-state index contributed by atoms with van der Waals surface area (Å²) in [6, 6.07) is 16.1. The van der Waals surface area contributed by atoms with Crippen LogP contribution >= 0.6 is 0 Å². The first-order valence-corrected chi connectivity index (χ1v) is 8.50. The Morgan fingerprint density at radius 3 is 2.24 bits per heavy atom. The first-order chi connectivity index (χ1) is 12.1. The van der Waals surface area contributed by atoms with E-state index in [0.717, 1.165) is 0 Å². The Kier molecular flexibility index (Phi) is 3.92. The zero-order chi connectivity index (χ0) is 17.4. The Balaban J connectivity index is 1.68. The highest BCUT2D eigenvalue weighted by Crippen LogP contribution is 2.47. The molecule has 1 aliphatic carbocycles. The summed E-state index contributed by atoms with van der Waals surface area (Å²) in [5.41, 5.74) is 4.75. The maximum atomic E-state index is 11.6. The van der Waals surface area contributed by atoms with E-state index in [4.69, 9.17) is 9.84 Å². The number of carboxylic acid groups (broad SMARTS) is 1. The molecule has 1 heterocycles. The molecule has 0 saturated carbocycles. The molecule has 25 heavy (non-hydrogen) atoms. The van der Waals surface area contributed by atoms with Gasteiger partial charge in [-0.25, -0.2) is 4.79 Å². The van der Waals surface area contributed by atoms with Gasteiger partial charge in [-0.05, 0) is 35.1 Å². The van der Waals surface area contributed by atoms with Gasteiger partial charge in [0.2, 0.25) is 5.91 Å². The van der Waals surface area contributed by atoms with E-state index in [-0.39, 0.29) is 17.9 Å². The number of nitrogens with one attached hydrogen (secondary N) is 1. The molecule has 2 atom stereocenters. The molecular formula is C20H19NO4. The van der Waals surface area contributed by atoms with Crippen LogP contribution in [0.1, 0.15) is 36.3 Å². The molecule has 0 bridgehead atoms. The SMILES string of the molecule is O=C1CCC(C(CC2c3ccccc3-c3ccccc32)OC(=O)O)N1. The number of hydrogen-bond donors (Lipinski definition) is 2.